The summed E-state index contributed by atoms with van der Waals surface area (Å²) in [7, 11) is 0. The summed E-state index contributed by atoms with van der Waals surface area (Å²) in [5, 5.41) is 0. The minimum Gasteiger partial charge on any atom is -0.434 e. The molecule has 1 aromatic rings. The van der Waals surface area contributed by atoms with Crippen LogP contribution in [-0.4, -0.2) is 12.4 Å². The van der Waals surface area contributed by atoms with Crippen LogP contribution in [0.5, 0.6) is 5.75 Å². The van der Waals surface area contributed by atoms with E-state index in [0.717, 1.165) is 9.13 Å². The molecule has 0 saturated heterocycles. The summed E-state index contributed by atoms with van der Waals surface area (Å²) in [4.78, 5) is 11.2. The lowest BCUT2D eigenvalue weighted by Gasteiger charge is -2.10. The predicted octanol–water partition coefficient (Wildman–Crippen LogP) is 3.40. The van der Waals surface area contributed by atoms with Crippen LogP contribution in [-0.2, 0) is 0 Å². The minimum absolute atomic E-state index is 0.0598. The maximum absolute atomic E-state index is 12.1. The first kappa shape index (κ1) is 12.4. The molecule has 1 aromatic carbocycles. The number of carbonyl (C=O) groups is 1. The Kier molecular flexibility index (Phi) is 4.01. The smallest absolute Gasteiger partial charge is 0.387 e. The van der Waals surface area contributed by atoms with Crippen molar-refractivity contribution in [1.82, 2.24) is 0 Å². The van der Waals surface area contributed by atoms with E-state index >= 15 is 0 Å². The minimum atomic E-state index is -2.91. The third kappa shape index (κ3) is 3.12. The summed E-state index contributed by atoms with van der Waals surface area (Å²) in [5.74, 6) is -0.348. The molecule has 0 bridgehead atoms. The van der Waals surface area contributed by atoms with Crippen molar-refractivity contribution in [3.05, 3.63) is 26.8 Å². The quantitative estimate of drug-likeness (QED) is 0.629. The highest BCUT2D eigenvalue weighted by atomic mass is 127. The highest BCUT2D eigenvalue weighted by molar-refractivity contribution is 14.1. The molecular formula is C10H9F2IO2. The monoisotopic (exact) mass is 326 g/mol. The van der Waals surface area contributed by atoms with Gasteiger partial charge in [0.1, 0.15) is 5.75 Å². The molecule has 0 heterocycles. The van der Waals surface area contributed by atoms with E-state index in [2.05, 4.69) is 4.74 Å². The number of ketones is 1. The lowest BCUT2D eigenvalue weighted by Crippen LogP contribution is -2.07. The average molecular weight is 326 g/mol. The molecule has 0 spiro atoms. The van der Waals surface area contributed by atoms with Crippen LogP contribution in [0.1, 0.15) is 22.8 Å². The van der Waals surface area contributed by atoms with Crippen LogP contribution < -0.4 is 4.74 Å². The second-order valence-electron chi connectivity index (χ2n) is 3.03. The summed E-state index contributed by atoms with van der Waals surface area (Å²) in [6, 6.07) is 3.00. The van der Waals surface area contributed by atoms with Crippen LogP contribution in [0.15, 0.2) is 12.1 Å². The number of Topliss-reactive ketones (excluding diaryl/α,β-unsaturated/α-hetero) is 1. The number of ether oxygens (including phenoxy) is 1. The second kappa shape index (κ2) is 4.87. The maximum Gasteiger partial charge on any atom is 0.387 e. The van der Waals surface area contributed by atoms with Crippen molar-refractivity contribution in [2.24, 2.45) is 0 Å². The predicted molar refractivity (Wildman–Crippen MR) is 60.5 cm³/mol. The fourth-order valence-electron chi connectivity index (χ4n) is 1.12. The highest BCUT2D eigenvalue weighted by Crippen LogP contribution is 2.26. The van der Waals surface area contributed by atoms with E-state index in [0.29, 0.717) is 0 Å². The summed E-state index contributed by atoms with van der Waals surface area (Å²) in [5.41, 5.74) is 0.988. The number of aryl methyl sites for hydroxylation is 1. The van der Waals surface area contributed by atoms with E-state index < -0.39 is 6.61 Å². The first-order valence-electron chi connectivity index (χ1n) is 4.17. The Bertz CT molecular complexity index is 391. The molecule has 0 aromatic heterocycles. The molecule has 0 aliphatic carbocycles. The molecule has 0 radical (unpaired) electrons. The van der Waals surface area contributed by atoms with Crippen molar-refractivity contribution in [3.8, 4) is 5.75 Å². The molecule has 82 valence electrons. The number of carbonyl (C=O) groups excluding carboxylic acids is 1. The molecule has 0 aliphatic rings. The van der Waals surface area contributed by atoms with Crippen molar-refractivity contribution >= 4 is 28.4 Å². The zero-order valence-electron chi connectivity index (χ0n) is 8.18. The van der Waals surface area contributed by atoms with Crippen LogP contribution in [0, 0.1) is 10.5 Å². The van der Waals surface area contributed by atoms with Gasteiger partial charge in [-0.25, -0.2) is 0 Å². The number of halogens is 3. The Labute approximate surface area is 99.8 Å². The van der Waals surface area contributed by atoms with E-state index in [4.69, 9.17) is 0 Å². The number of benzene rings is 1. The Morgan fingerprint density at radius 3 is 2.53 bits per heavy atom. The van der Waals surface area contributed by atoms with Gasteiger partial charge in [0, 0.05) is 3.57 Å². The fraction of sp³-hybridized carbons (Fsp3) is 0.300. The zero-order valence-corrected chi connectivity index (χ0v) is 10.3. The highest BCUT2D eigenvalue weighted by Gasteiger charge is 2.14. The standard InChI is InChI=1S/C10H9F2IO2/c1-5-3-9(15-10(11)12)7(6(2)14)4-8(5)13/h3-4,10H,1-2H3. The van der Waals surface area contributed by atoms with Gasteiger partial charge in [0.2, 0.25) is 0 Å². The number of hydrogen-bond acceptors (Lipinski definition) is 2. The number of hydrogen-bond donors (Lipinski definition) is 0. The van der Waals surface area contributed by atoms with Gasteiger partial charge in [-0.2, -0.15) is 8.78 Å². The topological polar surface area (TPSA) is 26.3 Å². The van der Waals surface area contributed by atoms with Crippen molar-refractivity contribution < 1.29 is 18.3 Å². The van der Waals surface area contributed by atoms with Gasteiger partial charge in [-0.05, 0) is 54.1 Å². The van der Waals surface area contributed by atoms with Crippen LogP contribution >= 0.6 is 22.6 Å². The molecule has 0 fully saturated rings. The van der Waals surface area contributed by atoms with E-state index in [1.165, 1.54) is 13.0 Å². The van der Waals surface area contributed by atoms with Crippen LogP contribution in [0.3, 0.4) is 0 Å². The molecule has 0 N–H and O–H groups in total. The largest absolute Gasteiger partial charge is 0.434 e. The molecule has 5 heteroatoms. The van der Waals surface area contributed by atoms with E-state index in [1.807, 2.05) is 22.6 Å². The van der Waals surface area contributed by atoms with Crippen LogP contribution in [0.4, 0.5) is 8.78 Å². The normalized spacial score (nSPS) is 10.5. The Balaban J connectivity index is 3.22. The molecule has 1 rings (SSSR count). The lowest BCUT2D eigenvalue weighted by molar-refractivity contribution is -0.0501. The number of alkyl halides is 2. The third-order valence-electron chi connectivity index (χ3n) is 1.86. The molecule has 15 heavy (non-hydrogen) atoms. The summed E-state index contributed by atoms with van der Waals surface area (Å²) in [6.45, 7) is 0.172. The lowest BCUT2D eigenvalue weighted by atomic mass is 10.1. The zero-order chi connectivity index (χ0) is 11.6. The van der Waals surface area contributed by atoms with E-state index in [9.17, 15) is 13.6 Å². The van der Waals surface area contributed by atoms with E-state index in [-0.39, 0.29) is 17.1 Å². The SMILES string of the molecule is CC(=O)c1cc(I)c(C)cc1OC(F)F. The van der Waals surface area contributed by atoms with Gasteiger partial charge in [-0.15, -0.1) is 0 Å². The van der Waals surface area contributed by atoms with Crippen molar-refractivity contribution in [3.63, 3.8) is 0 Å². The van der Waals surface area contributed by atoms with Crippen LogP contribution in [0.2, 0.25) is 0 Å². The first-order valence-corrected chi connectivity index (χ1v) is 5.25. The summed E-state index contributed by atoms with van der Waals surface area (Å²) in [6.07, 6.45) is 0. The molecular weight excluding hydrogens is 317 g/mol. The Hall–Kier alpha value is -0.720. The van der Waals surface area contributed by atoms with Gasteiger partial charge in [-0.1, -0.05) is 0 Å². The average Bonchev–Trinajstić information content (AvgIpc) is 2.09. The molecule has 0 amide bonds. The fourth-order valence-corrected chi connectivity index (χ4v) is 1.59. The van der Waals surface area contributed by atoms with Gasteiger partial charge < -0.3 is 4.74 Å². The third-order valence-corrected chi connectivity index (χ3v) is 3.02. The first-order chi connectivity index (χ1) is 6.91. The van der Waals surface area contributed by atoms with Gasteiger partial charge >= 0.3 is 6.61 Å². The second-order valence-corrected chi connectivity index (χ2v) is 4.19. The number of rotatable bonds is 3. The molecule has 0 aliphatic heterocycles. The summed E-state index contributed by atoms with van der Waals surface area (Å²) < 4.78 is 29.3. The summed E-state index contributed by atoms with van der Waals surface area (Å²) >= 11 is 2.04. The van der Waals surface area contributed by atoms with Gasteiger partial charge in [-0.3, -0.25) is 4.79 Å². The Morgan fingerprint density at radius 1 is 1.47 bits per heavy atom. The maximum atomic E-state index is 12.1. The Morgan fingerprint density at radius 2 is 2.07 bits per heavy atom. The van der Waals surface area contributed by atoms with Crippen molar-refractivity contribution in [2.45, 2.75) is 20.5 Å². The molecule has 0 atom stereocenters. The van der Waals surface area contributed by atoms with Gasteiger partial charge in [0.15, 0.2) is 5.78 Å². The van der Waals surface area contributed by atoms with Crippen molar-refractivity contribution in [2.75, 3.05) is 0 Å². The van der Waals surface area contributed by atoms with Crippen LogP contribution in [0.25, 0.3) is 0 Å². The van der Waals surface area contributed by atoms with Crippen molar-refractivity contribution in [1.29, 1.82) is 0 Å². The van der Waals surface area contributed by atoms with E-state index in [1.54, 1.807) is 13.0 Å². The van der Waals surface area contributed by atoms with Gasteiger partial charge in [0.05, 0.1) is 5.56 Å². The van der Waals surface area contributed by atoms with Gasteiger partial charge in [0.25, 0.3) is 0 Å². The molecule has 0 saturated carbocycles. The molecule has 0 unspecified atom stereocenters. The molecule has 2 nitrogen and oxygen atoms in total.